The number of hydrogen-bond donors (Lipinski definition) is 0. The first-order valence-electron chi connectivity index (χ1n) is 1.30. The molecule has 0 radical (unpaired) electrons. The highest BCUT2D eigenvalue weighted by molar-refractivity contribution is 7.08. The Hall–Kier alpha value is -0.220. The van der Waals surface area contributed by atoms with Crippen LogP contribution in [-0.2, 0) is 0 Å². The molecule has 0 saturated carbocycles. The zero-order valence-corrected chi connectivity index (χ0v) is 4.42. The lowest BCUT2D eigenvalue weighted by Gasteiger charge is -1.69. The maximum atomic E-state index is 4.59. The standard InChI is InChI=1S/C2H2O2S2/c1-2-5-4-6-3-1/h1-2H. The van der Waals surface area contributed by atoms with E-state index in [0.717, 1.165) is 11.9 Å². The van der Waals surface area contributed by atoms with Gasteiger partial charge in [-0.15, -0.1) is 0 Å². The summed E-state index contributed by atoms with van der Waals surface area (Å²) in [5.41, 5.74) is 0. The Morgan fingerprint density at radius 3 is 2.67 bits per heavy atom. The van der Waals surface area contributed by atoms with Crippen LogP contribution < -0.4 is 0 Å². The third kappa shape index (κ3) is 0.874. The van der Waals surface area contributed by atoms with Crippen LogP contribution in [0.15, 0.2) is 18.8 Å². The van der Waals surface area contributed by atoms with Gasteiger partial charge in [-0.05, 0) is 0 Å². The summed E-state index contributed by atoms with van der Waals surface area (Å²) in [6.07, 6.45) is 1.57. The van der Waals surface area contributed by atoms with Crippen molar-refractivity contribution in [3.63, 3.8) is 0 Å². The average molecular weight is 122 g/mol. The van der Waals surface area contributed by atoms with E-state index in [0.29, 0.717) is 0 Å². The van der Waals surface area contributed by atoms with Crippen molar-refractivity contribution in [2.24, 2.45) is 0 Å². The van der Waals surface area contributed by atoms with E-state index in [-0.39, 0.29) is 0 Å². The topological polar surface area (TPSA) is 26.3 Å². The normalized spacial score (nSPS) is 8.00. The molecule has 0 aliphatic rings. The van der Waals surface area contributed by atoms with Gasteiger partial charge in [-0.2, -0.15) is 0 Å². The highest BCUT2D eigenvalue weighted by atomic mass is 32.2. The Kier molecular flexibility index (Phi) is 1.35. The van der Waals surface area contributed by atoms with Gasteiger partial charge < -0.3 is 7.13 Å². The highest BCUT2D eigenvalue weighted by Gasteiger charge is 1.62. The summed E-state index contributed by atoms with van der Waals surface area (Å²) in [6, 6.07) is 0. The predicted octanol–water partition coefficient (Wildman–Crippen LogP) is 2.12. The van der Waals surface area contributed by atoms with E-state index in [2.05, 4.69) is 7.13 Å². The molecule has 0 atom stereocenters. The monoisotopic (exact) mass is 122 g/mol. The van der Waals surface area contributed by atoms with Crippen molar-refractivity contribution in [2.75, 3.05) is 0 Å². The molecule has 0 aromatic carbocycles. The van der Waals surface area contributed by atoms with Crippen molar-refractivity contribution >= 4 is 23.6 Å². The smallest absolute Gasteiger partial charge is 0.254 e. The molecular formula is C2H2O2S2. The van der Waals surface area contributed by atoms with Crippen molar-refractivity contribution in [3.8, 4) is 0 Å². The molecule has 1 aromatic rings. The molecule has 6 heavy (non-hydrogen) atoms. The minimum absolute atomic E-state index is 0.971. The van der Waals surface area contributed by atoms with E-state index < -0.39 is 0 Å². The first-order chi connectivity index (χ1) is 3.00. The Morgan fingerprint density at radius 1 is 1.50 bits per heavy atom. The van der Waals surface area contributed by atoms with Gasteiger partial charge in [-0.3, -0.25) is 0 Å². The van der Waals surface area contributed by atoms with Crippen molar-refractivity contribution in [3.05, 3.63) is 11.6 Å². The Labute approximate surface area is 43.0 Å². The predicted molar refractivity (Wildman–Crippen MR) is 24.4 cm³/mol. The summed E-state index contributed by atoms with van der Waals surface area (Å²) in [5, 5.41) is 1.72. The summed E-state index contributed by atoms with van der Waals surface area (Å²) in [7, 11) is 0. The van der Waals surface area contributed by atoms with E-state index in [9.17, 15) is 0 Å². The third-order valence-corrected chi connectivity index (χ3v) is 1.22. The second kappa shape index (κ2) is 2.04. The van der Waals surface area contributed by atoms with Gasteiger partial charge in [-0.1, -0.05) is 0 Å². The van der Waals surface area contributed by atoms with Gasteiger partial charge in [0.15, 0.2) is 0 Å². The van der Waals surface area contributed by atoms with E-state index in [1.54, 1.807) is 11.6 Å². The third-order valence-electron chi connectivity index (χ3n) is 0.273. The van der Waals surface area contributed by atoms with E-state index in [4.69, 9.17) is 0 Å². The molecule has 0 fully saturated rings. The van der Waals surface area contributed by atoms with Gasteiger partial charge in [0, 0.05) is 0 Å². The Morgan fingerprint density at radius 2 is 2.50 bits per heavy atom. The van der Waals surface area contributed by atoms with Crippen LogP contribution in [0.3, 0.4) is 0 Å². The molecule has 4 heteroatoms. The second-order valence-electron chi connectivity index (χ2n) is 0.601. The van der Waals surface area contributed by atoms with Crippen LogP contribution in [0, 0.1) is 0 Å². The van der Waals surface area contributed by atoms with Crippen molar-refractivity contribution in [1.82, 2.24) is 0 Å². The first-order valence-corrected chi connectivity index (χ1v) is 2.78. The average Bonchev–Trinajstić information content (AvgIpc) is 1.72. The lowest BCUT2D eigenvalue weighted by atomic mass is 11.1. The summed E-state index contributed by atoms with van der Waals surface area (Å²) < 4.78 is 9.16. The lowest BCUT2D eigenvalue weighted by Crippen LogP contribution is -1.35. The van der Waals surface area contributed by atoms with Gasteiger partial charge in [0.2, 0.25) is 0 Å². The highest BCUT2D eigenvalue weighted by Crippen LogP contribution is 1.98. The van der Waals surface area contributed by atoms with Gasteiger partial charge in [-0.25, -0.2) is 0 Å². The quantitative estimate of drug-likeness (QED) is 0.526. The molecular weight excluding hydrogens is 120 g/mol. The zero-order chi connectivity index (χ0) is 4.24. The van der Waals surface area contributed by atoms with Crippen molar-refractivity contribution in [1.29, 1.82) is 0 Å². The molecule has 1 rings (SSSR count). The van der Waals surface area contributed by atoms with Crippen LogP contribution in [0.25, 0.3) is 0 Å². The molecule has 0 unspecified atom stereocenters. The molecule has 0 amide bonds. The van der Waals surface area contributed by atoms with Crippen molar-refractivity contribution < 1.29 is 7.13 Å². The molecule has 0 aliphatic heterocycles. The molecule has 0 N–H and O–H groups in total. The van der Waals surface area contributed by atoms with Crippen LogP contribution in [0.2, 0.25) is 0 Å². The lowest BCUT2D eigenvalue weighted by molar-refractivity contribution is 0.633. The minimum atomic E-state index is 0.971. The van der Waals surface area contributed by atoms with Crippen LogP contribution in [0.4, 0.5) is 0 Å². The van der Waals surface area contributed by atoms with Crippen LogP contribution in [0.5, 0.6) is 0 Å². The summed E-state index contributed by atoms with van der Waals surface area (Å²) in [5.74, 6) is 0. The maximum absolute atomic E-state index is 4.59. The molecule has 1 aromatic heterocycles. The maximum Gasteiger partial charge on any atom is 0.254 e. The summed E-state index contributed by atoms with van der Waals surface area (Å²) in [6.45, 7) is 0. The first kappa shape index (κ1) is 3.95. The summed E-state index contributed by atoms with van der Waals surface area (Å²) >= 11 is 2.22. The molecule has 0 aliphatic carbocycles. The summed E-state index contributed by atoms with van der Waals surface area (Å²) in [4.78, 5) is 0. The van der Waals surface area contributed by atoms with Crippen LogP contribution in [0.1, 0.15) is 0 Å². The van der Waals surface area contributed by atoms with Crippen LogP contribution in [-0.4, -0.2) is 0 Å². The second-order valence-corrected chi connectivity index (χ2v) is 1.94. The molecule has 34 valence electrons. The molecule has 1 heterocycles. The molecule has 0 saturated heterocycles. The zero-order valence-electron chi connectivity index (χ0n) is 2.79. The minimum Gasteiger partial charge on any atom is -0.379 e. The largest absolute Gasteiger partial charge is 0.379 e. The van der Waals surface area contributed by atoms with E-state index in [1.165, 1.54) is 11.6 Å². The Balaban J connectivity index is 3.00. The fourth-order valence-electron chi connectivity index (χ4n) is 0.123. The van der Waals surface area contributed by atoms with Crippen molar-refractivity contribution in [2.45, 2.75) is 0 Å². The van der Waals surface area contributed by atoms with Crippen LogP contribution >= 0.6 is 23.6 Å². The van der Waals surface area contributed by atoms with Gasteiger partial charge >= 0.3 is 0 Å². The SMILES string of the molecule is c1csoso1. The van der Waals surface area contributed by atoms with E-state index >= 15 is 0 Å². The fraction of sp³-hybridized carbons (Fsp3) is 0. The molecule has 0 spiro atoms. The Bertz CT molecular complexity index is 81.5. The molecule has 0 bridgehead atoms. The van der Waals surface area contributed by atoms with E-state index in [1.807, 2.05) is 0 Å². The van der Waals surface area contributed by atoms with Gasteiger partial charge in [0.1, 0.15) is 6.26 Å². The van der Waals surface area contributed by atoms with Gasteiger partial charge in [0.05, 0.1) is 17.0 Å². The number of hydrogen-bond acceptors (Lipinski definition) is 4. The number of rotatable bonds is 0. The molecule has 2 nitrogen and oxygen atoms in total. The van der Waals surface area contributed by atoms with Gasteiger partial charge in [0.25, 0.3) is 11.9 Å². The fourth-order valence-corrected chi connectivity index (χ4v) is 0.833.